The fourth-order valence-corrected chi connectivity index (χ4v) is 4.19. The third-order valence-electron chi connectivity index (χ3n) is 6.19. The van der Waals surface area contributed by atoms with Gasteiger partial charge in [-0.15, -0.1) is 0 Å². The van der Waals surface area contributed by atoms with Gasteiger partial charge in [0.1, 0.15) is 0 Å². The standard InChI is InChI=1S/C28H40N2O5S/c1-19-9-10-21(15-20(19)2)16-22(18-35-26(32)27(3,4)5)17-29-25(31)28(6,7)23-11-13-24(14-12-23)30-36(8,33)34/h9-15,22,30H,16-18H2,1-8H3,(H,29,31). The summed E-state index contributed by atoms with van der Waals surface area (Å²) in [7, 11) is -3.38. The number of benzene rings is 2. The monoisotopic (exact) mass is 516 g/mol. The van der Waals surface area contributed by atoms with Crippen molar-refractivity contribution in [2.45, 2.75) is 60.3 Å². The van der Waals surface area contributed by atoms with Crippen LogP contribution in [-0.4, -0.2) is 39.7 Å². The molecule has 1 amide bonds. The number of ether oxygens (including phenoxy) is 1. The van der Waals surface area contributed by atoms with Gasteiger partial charge in [-0.05, 0) is 89.3 Å². The molecule has 198 valence electrons. The molecule has 1 atom stereocenters. The Bertz CT molecular complexity index is 1180. The first-order valence-electron chi connectivity index (χ1n) is 12.1. The molecule has 0 aliphatic rings. The van der Waals surface area contributed by atoms with Crippen LogP contribution in [0.5, 0.6) is 0 Å². The number of carbonyl (C=O) groups excluding carboxylic acids is 2. The first-order chi connectivity index (χ1) is 16.5. The Labute approximate surface area is 216 Å². The Morgan fingerprint density at radius 1 is 0.944 bits per heavy atom. The fraction of sp³-hybridized carbons (Fsp3) is 0.500. The normalized spacial score (nSPS) is 13.1. The first-order valence-corrected chi connectivity index (χ1v) is 14.0. The van der Waals surface area contributed by atoms with Crippen molar-refractivity contribution in [1.29, 1.82) is 0 Å². The van der Waals surface area contributed by atoms with Crippen LogP contribution in [0.4, 0.5) is 5.69 Å². The van der Waals surface area contributed by atoms with E-state index in [1.807, 2.05) is 34.6 Å². The van der Waals surface area contributed by atoms with Crippen LogP contribution < -0.4 is 10.0 Å². The minimum atomic E-state index is -3.38. The summed E-state index contributed by atoms with van der Waals surface area (Å²) < 4.78 is 30.9. The van der Waals surface area contributed by atoms with Gasteiger partial charge in [0.05, 0.1) is 23.7 Å². The number of amides is 1. The van der Waals surface area contributed by atoms with Gasteiger partial charge in [0.2, 0.25) is 15.9 Å². The SMILES string of the molecule is Cc1ccc(CC(CNC(=O)C(C)(C)c2ccc(NS(C)(=O)=O)cc2)COC(=O)C(C)(C)C)cc1C. The van der Waals surface area contributed by atoms with Gasteiger partial charge in [0, 0.05) is 18.2 Å². The molecule has 8 heteroatoms. The van der Waals surface area contributed by atoms with Crippen molar-refractivity contribution in [3.8, 4) is 0 Å². The van der Waals surface area contributed by atoms with Crippen LogP contribution in [0.15, 0.2) is 42.5 Å². The zero-order valence-corrected chi connectivity index (χ0v) is 23.5. The lowest BCUT2D eigenvalue weighted by Gasteiger charge is -2.27. The molecule has 0 saturated carbocycles. The number of nitrogens with one attached hydrogen (secondary N) is 2. The summed E-state index contributed by atoms with van der Waals surface area (Å²) in [6.45, 7) is 13.8. The first kappa shape index (κ1) is 29.4. The van der Waals surface area contributed by atoms with Gasteiger partial charge >= 0.3 is 5.97 Å². The van der Waals surface area contributed by atoms with Crippen molar-refractivity contribution >= 4 is 27.6 Å². The highest BCUT2D eigenvalue weighted by molar-refractivity contribution is 7.92. The Balaban J connectivity index is 2.13. The molecule has 2 rings (SSSR count). The minimum absolute atomic E-state index is 0.0977. The van der Waals surface area contributed by atoms with Gasteiger partial charge in [-0.1, -0.05) is 30.3 Å². The van der Waals surface area contributed by atoms with Crippen LogP contribution in [0.2, 0.25) is 0 Å². The third kappa shape index (κ3) is 8.66. The molecule has 2 N–H and O–H groups in total. The van der Waals surface area contributed by atoms with Crippen LogP contribution in [0, 0.1) is 25.2 Å². The molecular formula is C28H40N2O5S. The number of anilines is 1. The molecule has 0 aliphatic carbocycles. The number of rotatable bonds is 10. The van der Waals surface area contributed by atoms with E-state index in [2.05, 4.69) is 42.1 Å². The van der Waals surface area contributed by atoms with E-state index in [1.54, 1.807) is 24.3 Å². The van der Waals surface area contributed by atoms with Gasteiger partial charge in [0.25, 0.3) is 0 Å². The van der Waals surface area contributed by atoms with Crippen LogP contribution in [0.3, 0.4) is 0 Å². The van der Waals surface area contributed by atoms with E-state index in [-0.39, 0.29) is 24.4 Å². The number of esters is 1. The fourth-order valence-electron chi connectivity index (χ4n) is 3.62. The summed E-state index contributed by atoms with van der Waals surface area (Å²) >= 11 is 0. The molecule has 7 nitrogen and oxygen atoms in total. The van der Waals surface area contributed by atoms with Crippen molar-refractivity contribution < 1.29 is 22.7 Å². The van der Waals surface area contributed by atoms with Gasteiger partial charge in [-0.25, -0.2) is 8.42 Å². The third-order valence-corrected chi connectivity index (χ3v) is 6.79. The highest BCUT2D eigenvalue weighted by Gasteiger charge is 2.31. The molecule has 0 aromatic heterocycles. The Morgan fingerprint density at radius 2 is 1.56 bits per heavy atom. The summed E-state index contributed by atoms with van der Waals surface area (Å²) in [6.07, 6.45) is 1.75. The van der Waals surface area contributed by atoms with Gasteiger partial charge in [0.15, 0.2) is 0 Å². The second-order valence-corrected chi connectivity index (χ2v) is 12.9. The molecule has 0 radical (unpaired) electrons. The molecule has 36 heavy (non-hydrogen) atoms. The summed E-state index contributed by atoms with van der Waals surface area (Å²) in [4.78, 5) is 25.6. The van der Waals surface area contributed by atoms with Gasteiger partial charge in [-0.3, -0.25) is 14.3 Å². The second-order valence-electron chi connectivity index (χ2n) is 11.1. The van der Waals surface area contributed by atoms with Crippen LogP contribution >= 0.6 is 0 Å². The highest BCUT2D eigenvalue weighted by atomic mass is 32.2. The molecule has 0 fully saturated rings. The maximum absolute atomic E-state index is 13.2. The lowest BCUT2D eigenvalue weighted by Crippen LogP contribution is -2.43. The van der Waals surface area contributed by atoms with E-state index < -0.39 is 20.9 Å². The predicted molar refractivity (Wildman–Crippen MR) is 144 cm³/mol. The van der Waals surface area contributed by atoms with Crippen molar-refractivity contribution in [1.82, 2.24) is 5.32 Å². The summed E-state index contributed by atoms with van der Waals surface area (Å²) in [6, 6.07) is 13.0. The zero-order valence-electron chi connectivity index (χ0n) is 22.7. The van der Waals surface area contributed by atoms with Gasteiger partial charge in [-0.2, -0.15) is 0 Å². The van der Waals surface area contributed by atoms with E-state index >= 15 is 0 Å². The quantitative estimate of drug-likeness (QED) is 0.452. The molecule has 0 bridgehead atoms. The highest BCUT2D eigenvalue weighted by Crippen LogP contribution is 2.26. The van der Waals surface area contributed by atoms with E-state index in [1.165, 1.54) is 11.1 Å². The van der Waals surface area contributed by atoms with Crippen molar-refractivity contribution in [2.75, 3.05) is 24.1 Å². The molecule has 2 aromatic rings. The predicted octanol–water partition coefficient (Wildman–Crippen LogP) is 4.52. The average molecular weight is 517 g/mol. The second kappa shape index (κ2) is 11.5. The van der Waals surface area contributed by atoms with E-state index in [9.17, 15) is 18.0 Å². The minimum Gasteiger partial charge on any atom is -0.465 e. The Hall–Kier alpha value is -2.87. The number of carbonyl (C=O) groups is 2. The maximum Gasteiger partial charge on any atom is 0.311 e. The van der Waals surface area contributed by atoms with Crippen LogP contribution in [0.25, 0.3) is 0 Å². The van der Waals surface area contributed by atoms with Crippen molar-refractivity contribution in [3.63, 3.8) is 0 Å². The smallest absolute Gasteiger partial charge is 0.311 e. The largest absolute Gasteiger partial charge is 0.465 e. The lowest BCUT2D eigenvalue weighted by molar-refractivity contribution is -0.154. The van der Waals surface area contributed by atoms with Crippen LogP contribution in [-0.2, 0) is 36.2 Å². The summed E-state index contributed by atoms with van der Waals surface area (Å²) in [5.41, 5.74) is 3.26. The number of aryl methyl sites for hydroxylation is 2. The van der Waals surface area contributed by atoms with E-state index in [0.29, 0.717) is 18.7 Å². The number of hydrogen-bond donors (Lipinski definition) is 2. The lowest BCUT2D eigenvalue weighted by atomic mass is 9.83. The number of sulfonamides is 1. The molecule has 0 heterocycles. The van der Waals surface area contributed by atoms with E-state index in [4.69, 9.17) is 4.74 Å². The molecule has 0 spiro atoms. The molecule has 2 aromatic carbocycles. The Morgan fingerprint density at radius 3 is 2.08 bits per heavy atom. The average Bonchev–Trinajstić information content (AvgIpc) is 2.76. The molecule has 0 saturated heterocycles. The number of hydrogen-bond acceptors (Lipinski definition) is 5. The Kier molecular flexibility index (Phi) is 9.34. The molecule has 1 unspecified atom stereocenters. The zero-order chi connectivity index (χ0) is 27.3. The molecular weight excluding hydrogens is 476 g/mol. The van der Waals surface area contributed by atoms with Crippen molar-refractivity contribution in [2.24, 2.45) is 11.3 Å². The van der Waals surface area contributed by atoms with Crippen molar-refractivity contribution in [3.05, 3.63) is 64.7 Å². The van der Waals surface area contributed by atoms with Gasteiger partial charge < -0.3 is 10.1 Å². The van der Waals surface area contributed by atoms with E-state index in [0.717, 1.165) is 17.4 Å². The summed E-state index contributed by atoms with van der Waals surface area (Å²) in [5, 5.41) is 3.04. The topological polar surface area (TPSA) is 102 Å². The molecule has 0 aliphatic heterocycles. The maximum atomic E-state index is 13.2. The summed E-state index contributed by atoms with van der Waals surface area (Å²) in [5.74, 6) is -0.542. The van der Waals surface area contributed by atoms with Crippen LogP contribution in [0.1, 0.15) is 56.9 Å².